The van der Waals surface area contributed by atoms with Gasteiger partial charge in [-0.3, -0.25) is 14.7 Å². The molecule has 1 fully saturated rings. The zero-order valence-corrected chi connectivity index (χ0v) is 17.4. The highest BCUT2D eigenvalue weighted by Crippen LogP contribution is 2.34. The fraction of sp³-hybridized carbons (Fsp3) is 0.480. The Kier molecular flexibility index (Phi) is 5.63. The molecule has 1 aliphatic carbocycles. The molecule has 0 bridgehead atoms. The van der Waals surface area contributed by atoms with Crippen LogP contribution in [0.15, 0.2) is 47.3 Å². The largest absolute Gasteiger partial charge is 0.448 e. The molecule has 5 nitrogen and oxygen atoms in total. The molecule has 1 aromatic carbocycles. The van der Waals surface area contributed by atoms with Crippen molar-refractivity contribution < 1.29 is 9.21 Å². The van der Waals surface area contributed by atoms with Crippen molar-refractivity contribution in [3.05, 3.63) is 59.9 Å². The number of rotatable bonds is 6. The van der Waals surface area contributed by atoms with E-state index in [4.69, 9.17) is 4.42 Å². The molecule has 1 aliphatic heterocycles. The molecule has 0 radical (unpaired) electrons. The molecule has 0 spiro atoms. The maximum atomic E-state index is 13.0. The molecular weight excluding hydrogens is 374 g/mol. The van der Waals surface area contributed by atoms with Crippen molar-refractivity contribution in [3.8, 4) is 0 Å². The Morgan fingerprint density at radius 3 is 2.83 bits per heavy atom. The van der Waals surface area contributed by atoms with Crippen LogP contribution < -0.4 is 0 Å². The van der Waals surface area contributed by atoms with E-state index in [0.29, 0.717) is 12.3 Å². The van der Waals surface area contributed by atoms with Gasteiger partial charge in [0.25, 0.3) is 0 Å². The van der Waals surface area contributed by atoms with E-state index in [1.165, 1.54) is 32.1 Å². The first-order valence-corrected chi connectivity index (χ1v) is 11.3. The maximum Gasteiger partial charge on any atom is 0.181 e. The molecule has 0 atom stereocenters. The number of ketones is 1. The summed E-state index contributed by atoms with van der Waals surface area (Å²) in [4.78, 5) is 24.2. The summed E-state index contributed by atoms with van der Waals surface area (Å²) < 4.78 is 5.43. The van der Waals surface area contributed by atoms with Gasteiger partial charge in [0.2, 0.25) is 0 Å². The summed E-state index contributed by atoms with van der Waals surface area (Å²) in [5.41, 5.74) is 2.86. The van der Waals surface area contributed by atoms with Gasteiger partial charge >= 0.3 is 0 Å². The number of hydrogen-bond acceptors (Lipinski definition) is 5. The Labute approximate surface area is 177 Å². The summed E-state index contributed by atoms with van der Waals surface area (Å²) in [7, 11) is 0. The summed E-state index contributed by atoms with van der Waals surface area (Å²) in [6, 6.07) is 9.80. The molecule has 0 amide bonds. The number of hydrogen-bond donors (Lipinski definition) is 0. The number of fused-ring (bicyclic) bond motifs is 2. The van der Waals surface area contributed by atoms with Crippen molar-refractivity contribution in [3.63, 3.8) is 0 Å². The number of pyridine rings is 1. The topological polar surface area (TPSA) is 59.2 Å². The number of oxazole rings is 1. The molecular formula is C25H29N3O2. The van der Waals surface area contributed by atoms with E-state index in [0.717, 1.165) is 59.9 Å². The summed E-state index contributed by atoms with van der Waals surface area (Å²) in [6.07, 6.45) is 11.1. The van der Waals surface area contributed by atoms with Crippen molar-refractivity contribution in [1.82, 2.24) is 14.9 Å². The van der Waals surface area contributed by atoms with E-state index in [-0.39, 0.29) is 5.78 Å². The van der Waals surface area contributed by atoms with Crippen molar-refractivity contribution in [2.24, 2.45) is 11.8 Å². The van der Waals surface area contributed by atoms with Crippen LogP contribution in [0.3, 0.4) is 0 Å². The lowest BCUT2D eigenvalue weighted by atomic mass is 9.78. The standard InChI is InChI=1S/C25H29N3O2/c29-24(21-3-1-5-22-20(21)4-2-12-26-22)15-19-8-6-18(7-9-19)10-13-28-14-11-25-23(16-28)27-17-30-25/h1-5,12,17-19H,6-11,13-16H2. The zero-order valence-electron chi connectivity index (χ0n) is 17.4. The van der Waals surface area contributed by atoms with Gasteiger partial charge in [-0.1, -0.05) is 31.0 Å². The van der Waals surface area contributed by atoms with Crippen LogP contribution in [0.5, 0.6) is 0 Å². The second-order valence-electron chi connectivity index (χ2n) is 8.93. The highest BCUT2D eigenvalue weighted by Gasteiger charge is 2.26. The first kappa shape index (κ1) is 19.4. The molecule has 0 saturated heterocycles. The number of carbonyl (C=O) groups is 1. The first-order valence-electron chi connectivity index (χ1n) is 11.3. The van der Waals surface area contributed by atoms with Crippen molar-refractivity contribution in [2.45, 2.75) is 51.5 Å². The highest BCUT2D eigenvalue weighted by atomic mass is 16.3. The molecule has 1 saturated carbocycles. The molecule has 2 aromatic heterocycles. The molecule has 3 heterocycles. The second-order valence-corrected chi connectivity index (χ2v) is 8.93. The molecule has 30 heavy (non-hydrogen) atoms. The predicted molar refractivity (Wildman–Crippen MR) is 116 cm³/mol. The van der Waals surface area contributed by atoms with Crippen LogP contribution in [0.1, 0.15) is 60.3 Å². The van der Waals surface area contributed by atoms with Crippen molar-refractivity contribution in [2.75, 3.05) is 13.1 Å². The van der Waals surface area contributed by atoms with Gasteiger partial charge in [-0.25, -0.2) is 4.98 Å². The SMILES string of the molecule is O=C(CC1CCC(CCN2CCc3ocnc3C2)CC1)c1cccc2ncccc12. The Bertz CT molecular complexity index is 1010. The van der Waals surface area contributed by atoms with Crippen LogP contribution in [0.25, 0.3) is 10.9 Å². The summed E-state index contributed by atoms with van der Waals surface area (Å²) in [6.45, 7) is 3.14. The zero-order chi connectivity index (χ0) is 20.3. The minimum Gasteiger partial charge on any atom is -0.448 e. The fourth-order valence-corrected chi connectivity index (χ4v) is 5.18. The lowest BCUT2D eigenvalue weighted by molar-refractivity contribution is 0.0941. The van der Waals surface area contributed by atoms with Crippen molar-refractivity contribution >= 4 is 16.7 Å². The molecule has 0 N–H and O–H groups in total. The lowest BCUT2D eigenvalue weighted by Gasteiger charge is -2.31. The van der Waals surface area contributed by atoms with Gasteiger partial charge in [-0.05, 0) is 49.8 Å². The van der Waals surface area contributed by atoms with E-state index < -0.39 is 0 Å². The maximum absolute atomic E-state index is 13.0. The van der Waals surface area contributed by atoms with E-state index in [2.05, 4.69) is 14.9 Å². The van der Waals surface area contributed by atoms with Crippen LogP contribution in [0, 0.1) is 11.8 Å². The highest BCUT2D eigenvalue weighted by molar-refractivity contribution is 6.07. The molecule has 5 rings (SSSR count). The molecule has 0 unspecified atom stereocenters. The van der Waals surface area contributed by atoms with E-state index in [1.807, 2.05) is 30.3 Å². The number of benzene rings is 1. The van der Waals surface area contributed by atoms with Crippen LogP contribution in [-0.4, -0.2) is 33.7 Å². The number of Topliss-reactive ketones (excluding diaryl/α,β-unsaturated/α-hetero) is 1. The molecule has 5 heteroatoms. The molecule has 156 valence electrons. The van der Waals surface area contributed by atoms with Gasteiger partial charge in [0.05, 0.1) is 11.2 Å². The van der Waals surface area contributed by atoms with Gasteiger partial charge in [0, 0.05) is 43.1 Å². The van der Waals surface area contributed by atoms with Gasteiger partial charge in [-0.15, -0.1) is 0 Å². The van der Waals surface area contributed by atoms with Crippen LogP contribution in [-0.2, 0) is 13.0 Å². The van der Waals surface area contributed by atoms with E-state index in [1.54, 1.807) is 12.6 Å². The number of nitrogens with zero attached hydrogens (tertiary/aromatic N) is 3. The number of aromatic nitrogens is 2. The fourth-order valence-electron chi connectivity index (χ4n) is 5.18. The van der Waals surface area contributed by atoms with Gasteiger partial charge in [0.1, 0.15) is 5.76 Å². The smallest absolute Gasteiger partial charge is 0.181 e. The second kappa shape index (κ2) is 8.68. The third-order valence-electron chi connectivity index (χ3n) is 6.99. The molecule has 3 aromatic rings. The average Bonchev–Trinajstić information content (AvgIpc) is 3.26. The van der Waals surface area contributed by atoms with Gasteiger partial charge in [0.15, 0.2) is 12.2 Å². The first-order chi connectivity index (χ1) is 14.8. The van der Waals surface area contributed by atoms with Gasteiger partial charge < -0.3 is 4.42 Å². The summed E-state index contributed by atoms with van der Waals surface area (Å²) in [5.74, 6) is 2.65. The number of carbonyl (C=O) groups excluding carboxylic acids is 1. The summed E-state index contributed by atoms with van der Waals surface area (Å²) in [5, 5.41) is 0.982. The van der Waals surface area contributed by atoms with E-state index in [9.17, 15) is 4.79 Å². The third-order valence-corrected chi connectivity index (χ3v) is 6.99. The molecule has 2 aliphatic rings. The average molecular weight is 404 g/mol. The minimum absolute atomic E-state index is 0.272. The normalized spacial score (nSPS) is 22.1. The third kappa shape index (κ3) is 4.17. The quantitative estimate of drug-likeness (QED) is 0.539. The minimum atomic E-state index is 0.272. The van der Waals surface area contributed by atoms with Gasteiger partial charge in [-0.2, -0.15) is 0 Å². The Morgan fingerprint density at radius 1 is 1.07 bits per heavy atom. The van der Waals surface area contributed by atoms with Crippen molar-refractivity contribution in [1.29, 1.82) is 0 Å². The Hall–Kier alpha value is -2.53. The Morgan fingerprint density at radius 2 is 1.93 bits per heavy atom. The monoisotopic (exact) mass is 403 g/mol. The predicted octanol–water partition coefficient (Wildman–Crippen LogP) is 5.05. The Balaban J connectivity index is 1.10. The van der Waals surface area contributed by atoms with Crippen LogP contribution in [0.2, 0.25) is 0 Å². The lowest BCUT2D eigenvalue weighted by Crippen LogP contribution is -2.32. The van der Waals surface area contributed by atoms with E-state index >= 15 is 0 Å². The summed E-state index contributed by atoms with van der Waals surface area (Å²) >= 11 is 0. The van der Waals surface area contributed by atoms with Crippen LogP contribution in [0.4, 0.5) is 0 Å². The van der Waals surface area contributed by atoms with Crippen LogP contribution >= 0.6 is 0 Å².